The summed E-state index contributed by atoms with van der Waals surface area (Å²) in [5.41, 5.74) is 1.38. The molecule has 1 atom stereocenters. The van der Waals surface area contributed by atoms with Crippen LogP contribution < -0.4 is 5.32 Å². The number of nitrogens with zero attached hydrogens (tertiary/aromatic N) is 2. The largest absolute Gasteiger partial charge is 0.317 e. The Hall–Kier alpha value is -0.930. The van der Waals surface area contributed by atoms with Crippen molar-refractivity contribution in [2.24, 2.45) is 5.92 Å². The van der Waals surface area contributed by atoms with Crippen LogP contribution in [-0.4, -0.2) is 42.1 Å². The van der Waals surface area contributed by atoms with E-state index in [1.54, 1.807) is 0 Å². The van der Waals surface area contributed by atoms with Crippen molar-refractivity contribution in [2.45, 2.75) is 51.0 Å². The van der Waals surface area contributed by atoms with E-state index in [1.165, 1.54) is 70.3 Å². The smallest absolute Gasteiger partial charge is 0.0300 e. The van der Waals surface area contributed by atoms with E-state index in [9.17, 15) is 0 Å². The van der Waals surface area contributed by atoms with Crippen LogP contribution in [0, 0.1) is 5.92 Å². The van der Waals surface area contributed by atoms with E-state index in [4.69, 9.17) is 0 Å². The van der Waals surface area contributed by atoms with Gasteiger partial charge in [-0.3, -0.25) is 9.88 Å². The van der Waals surface area contributed by atoms with Gasteiger partial charge in [0.25, 0.3) is 0 Å². The summed E-state index contributed by atoms with van der Waals surface area (Å²) in [6.07, 6.45) is 13.4. The maximum absolute atomic E-state index is 4.25. The Morgan fingerprint density at radius 2 is 2.05 bits per heavy atom. The molecule has 3 rings (SSSR count). The Morgan fingerprint density at radius 1 is 1.14 bits per heavy atom. The highest BCUT2D eigenvalue weighted by Crippen LogP contribution is 2.28. The van der Waals surface area contributed by atoms with Gasteiger partial charge in [-0.15, -0.1) is 0 Å². The lowest BCUT2D eigenvalue weighted by molar-refractivity contribution is 0.123. The van der Waals surface area contributed by atoms with Gasteiger partial charge in [-0.1, -0.05) is 18.9 Å². The van der Waals surface area contributed by atoms with Crippen LogP contribution in [0.5, 0.6) is 0 Å². The number of likely N-dealkylation sites (tertiary alicyclic amines) is 1. The zero-order chi connectivity index (χ0) is 14.3. The molecule has 2 aliphatic rings. The monoisotopic (exact) mass is 287 g/mol. The van der Waals surface area contributed by atoms with Gasteiger partial charge in [-0.25, -0.2) is 0 Å². The summed E-state index contributed by atoms with van der Waals surface area (Å²) in [4.78, 5) is 7.05. The van der Waals surface area contributed by atoms with Gasteiger partial charge in [0.1, 0.15) is 0 Å². The van der Waals surface area contributed by atoms with Crippen LogP contribution in [0.25, 0.3) is 0 Å². The third-order valence-electron chi connectivity index (χ3n) is 5.25. The number of hydrogen-bond donors (Lipinski definition) is 1. The van der Waals surface area contributed by atoms with Crippen molar-refractivity contribution >= 4 is 0 Å². The molecule has 3 nitrogen and oxygen atoms in total. The molecule has 1 aromatic rings. The van der Waals surface area contributed by atoms with Gasteiger partial charge in [0.15, 0.2) is 0 Å². The van der Waals surface area contributed by atoms with Crippen LogP contribution in [0.4, 0.5) is 0 Å². The van der Waals surface area contributed by atoms with Gasteiger partial charge < -0.3 is 5.32 Å². The minimum Gasteiger partial charge on any atom is -0.317 e. The van der Waals surface area contributed by atoms with E-state index in [2.05, 4.69) is 27.3 Å². The predicted octanol–water partition coefficient (Wildman–Crippen LogP) is 2.87. The number of piperidine rings is 1. The molecule has 3 heteroatoms. The summed E-state index contributed by atoms with van der Waals surface area (Å²) < 4.78 is 0. The molecule has 3 heterocycles. The van der Waals surface area contributed by atoms with Crippen LogP contribution in [0.3, 0.4) is 0 Å². The third kappa shape index (κ3) is 4.27. The van der Waals surface area contributed by atoms with E-state index in [0.29, 0.717) is 0 Å². The molecule has 116 valence electrons. The van der Waals surface area contributed by atoms with Gasteiger partial charge >= 0.3 is 0 Å². The molecule has 0 spiro atoms. The highest BCUT2D eigenvalue weighted by atomic mass is 15.2. The zero-order valence-electron chi connectivity index (χ0n) is 13.1. The summed E-state index contributed by atoms with van der Waals surface area (Å²) >= 11 is 0. The SMILES string of the molecule is c1cncc(CCN2CCCCCC2C2CCNCC2)c1. The van der Waals surface area contributed by atoms with Gasteiger partial charge in [0.2, 0.25) is 0 Å². The zero-order valence-corrected chi connectivity index (χ0v) is 13.1. The van der Waals surface area contributed by atoms with Crippen molar-refractivity contribution < 1.29 is 0 Å². The average molecular weight is 287 g/mol. The first-order valence-electron chi connectivity index (χ1n) is 8.77. The second kappa shape index (κ2) is 7.90. The van der Waals surface area contributed by atoms with Crippen LogP contribution in [0.1, 0.15) is 44.1 Å². The number of aromatic nitrogens is 1. The van der Waals surface area contributed by atoms with Crippen LogP contribution in [0.15, 0.2) is 24.5 Å². The summed E-state index contributed by atoms with van der Waals surface area (Å²) in [6.45, 7) is 4.95. The van der Waals surface area contributed by atoms with Crippen molar-refractivity contribution in [1.29, 1.82) is 0 Å². The number of rotatable bonds is 4. The lowest BCUT2D eigenvalue weighted by Gasteiger charge is -2.38. The van der Waals surface area contributed by atoms with E-state index < -0.39 is 0 Å². The molecule has 0 saturated carbocycles. The van der Waals surface area contributed by atoms with Gasteiger partial charge in [-0.2, -0.15) is 0 Å². The van der Waals surface area contributed by atoms with Crippen molar-refractivity contribution in [2.75, 3.05) is 26.2 Å². The lowest BCUT2D eigenvalue weighted by atomic mass is 9.86. The quantitative estimate of drug-likeness (QED) is 0.923. The fourth-order valence-corrected chi connectivity index (χ4v) is 4.05. The summed E-state index contributed by atoms with van der Waals surface area (Å²) in [5, 5.41) is 3.52. The molecule has 2 saturated heterocycles. The molecule has 2 fully saturated rings. The lowest BCUT2D eigenvalue weighted by Crippen LogP contribution is -2.45. The number of hydrogen-bond acceptors (Lipinski definition) is 3. The fraction of sp³-hybridized carbons (Fsp3) is 0.722. The van der Waals surface area contributed by atoms with E-state index >= 15 is 0 Å². The Morgan fingerprint density at radius 3 is 2.86 bits per heavy atom. The Balaban J connectivity index is 1.61. The van der Waals surface area contributed by atoms with Crippen molar-refractivity contribution in [3.05, 3.63) is 30.1 Å². The number of pyridine rings is 1. The molecule has 21 heavy (non-hydrogen) atoms. The maximum atomic E-state index is 4.25. The van der Waals surface area contributed by atoms with Crippen LogP contribution in [0.2, 0.25) is 0 Å². The highest BCUT2D eigenvalue weighted by molar-refractivity contribution is 5.08. The molecule has 0 amide bonds. The predicted molar refractivity (Wildman–Crippen MR) is 87.4 cm³/mol. The minimum absolute atomic E-state index is 0.825. The molecule has 0 radical (unpaired) electrons. The Kier molecular flexibility index (Phi) is 5.64. The normalized spacial score (nSPS) is 25.6. The first-order chi connectivity index (χ1) is 10.4. The Labute approximate surface area is 129 Å². The summed E-state index contributed by atoms with van der Waals surface area (Å²) in [6, 6.07) is 5.10. The van der Waals surface area contributed by atoms with Gasteiger partial charge in [0, 0.05) is 25.0 Å². The average Bonchev–Trinajstić information content (AvgIpc) is 2.80. The molecule has 0 bridgehead atoms. The number of nitrogens with one attached hydrogen (secondary N) is 1. The second-order valence-corrected chi connectivity index (χ2v) is 6.65. The van der Waals surface area contributed by atoms with Crippen LogP contribution in [-0.2, 0) is 6.42 Å². The molecule has 2 aliphatic heterocycles. The first-order valence-corrected chi connectivity index (χ1v) is 8.77. The summed E-state index contributed by atoms with van der Waals surface area (Å²) in [5.74, 6) is 0.915. The van der Waals surface area contributed by atoms with Crippen LogP contribution >= 0.6 is 0 Å². The van der Waals surface area contributed by atoms with Gasteiger partial charge in [-0.05, 0) is 69.3 Å². The van der Waals surface area contributed by atoms with Crippen molar-refractivity contribution in [3.8, 4) is 0 Å². The topological polar surface area (TPSA) is 28.2 Å². The van der Waals surface area contributed by atoms with Crippen molar-refractivity contribution in [1.82, 2.24) is 15.2 Å². The van der Waals surface area contributed by atoms with E-state index in [1.807, 2.05) is 12.4 Å². The van der Waals surface area contributed by atoms with Gasteiger partial charge in [0.05, 0.1) is 0 Å². The fourth-order valence-electron chi connectivity index (χ4n) is 4.05. The molecule has 1 unspecified atom stereocenters. The minimum atomic E-state index is 0.825. The highest BCUT2D eigenvalue weighted by Gasteiger charge is 2.29. The molecule has 0 aromatic carbocycles. The molecule has 1 N–H and O–H groups in total. The van der Waals surface area contributed by atoms with E-state index in [-0.39, 0.29) is 0 Å². The second-order valence-electron chi connectivity index (χ2n) is 6.65. The molecular weight excluding hydrogens is 258 g/mol. The third-order valence-corrected chi connectivity index (χ3v) is 5.25. The maximum Gasteiger partial charge on any atom is 0.0300 e. The summed E-state index contributed by atoms with van der Waals surface area (Å²) in [7, 11) is 0. The van der Waals surface area contributed by atoms with E-state index in [0.717, 1.165) is 18.4 Å². The molecule has 0 aliphatic carbocycles. The standard InChI is InChI=1S/C18H29N3/c1-2-6-18(17-7-11-19-12-8-17)21(13-3-1)14-9-16-5-4-10-20-15-16/h4-5,10,15,17-19H,1-3,6-9,11-14H2. The first kappa shape index (κ1) is 15.0. The Bertz CT molecular complexity index is 400. The molecular formula is C18H29N3. The van der Waals surface area contributed by atoms with Crippen molar-refractivity contribution in [3.63, 3.8) is 0 Å². The molecule has 1 aromatic heterocycles.